The van der Waals surface area contributed by atoms with E-state index in [2.05, 4.69) is 25.7 Å². The van der Waals surface area contributed by atoms with Crippen molar-refractivity contribution in [2.45, 2.75) is 52.1 Å². The quantitative estimate of drug-likeness (QED) is 0.709. The van der Waals surface area contributed by atoms with Crippen LogP contribution in [0, 0.1) is 5.92 Å². The van der Waals surface area contributed by atoms with Crippen LogP contribution in [0.1, 0.15) is 46.5 Å². The summed E-state index contributed by atoms with van der Waals surface area (Å²) in [5.74, 6) is 0.821. The first-order valence-corrected chi connectivity index (χ1v) is 6.08. The summed E-state index contributed by atoms with van der Waals surface area (Å²) in [6.07, 6.45) is 4.58. The lowest BCUT2D eigenvalue weighted by Gasteiger charge is -2.47. The summed E-state index contributed by atoms with van der Waals surface area (Å²) in [5.41, 5.74) is -0.346. The van der Waals surface area contributed by atoms with E-state index in [-0.39, 0.29) is 5.60 Å². The van der Waals surface area contributed by atoms with E-state index >= 15 is 0 Å². The second-order valence-electron chi connectivity index (χ2n) is 4.83. The first kappa shape index (κ1) is 12.0. The predicted octanol–water partition coefficient (Wildman–Crippen LogP) is 2.27. The largest absolute Gasteiger partial charge is 0.387 e. The van der Waals surface area contributed by atoms with Crippen LogP contribution in [0.5, 0.6) is 0 Å². The molecule has 1 rings (SSSR count). The standard InChI is InChI=1S/C12H25NO/c1-4-7-12(14)9-13(10-12)8-11(5-2)6-3/h11,14H,4-10H2,1-3H3. The third-order valence-electron chi connectivity index (χ3n) is 3.42. The second-order valence-corrected chi connectivity index (χ2v) is 4.83. The van der Waals surface area contributed by atoms with Crippen molar-refractivity contribution >= 4 is 0 Å². The Hall–Kier alpha value is -0.0800. The molecule has 0 radical (unpaired) electrons. The number of β-amino-alcohol motifs (C(OH)–C–C–N with tert-alkyl or cyclic N) is 1. The van der Waals surface area contributed by atoms with E-state index in [4.69, 9.17) is 0 Å². The molecule has 2 heteroatoms. The third kappa shape index (κ3) is 2.96. The zero-order valence-corrected chi connectivity index (χ0v) is 9.92. The Morgan fingerprint density at radius 2 is 1.79 bits per heavy atom. The van der Waals surface area contributed by atoms with E-state index < -0.39 is 0 Å². The molecular formula is C12H25NO. The van der Waals surface area contributed by atoms with Gasteiger partial charge in [-0.3, -0.25) is 4.90 Å². The third-order valence-corrected chi connectivity index (χ3v) is 3.42. The van der Waals surface area contributed by atoms with Crippen LogP contribution in [0.2, 0.25) is 0 Å². The average molecular weight is 199 g/mol. The molecule has 0 aromatic heterocycles. The molecule has 0 saturated carbocycles. The van der Waals surface area contributed by atoms with E-state index in [1.807, 2.05) is 0 Å². The van der Waals surface area contributed by atoms with E-state index in [0.717, 1.165) is 31.8 Å². The Bertz CT molecular complexity index is 160. The van der Waals surface area contributed by atoms with Crippen LogP contribution in [0.4, 0.5) is 0 Å². The topological polar surface area (TPSA) is 23.5 Å². The molecule has 0 aromatic rings. The fourth-order valence-corrected chi connectivity index (χ4v) is 2.45. The summed E-state index contributed by atoms with van der Waals surface area (Å²) < 4.78 is 0. The Labute approximate surface area is 88.3 Å². The number of likely N-dealkylation sites (tertiary alicyclic amines) is 1. The van der Waals surface area contributed by atoms with Crippen LogP contribution in [0.25, 0.3) is 0 Å². The van der Waals surface area contributed by atoms with Crippen molar-refractivity contribution in [2.24, 2.45) is 5.92 Å². The first-order chi connectivity index (χ1) is 6.63. The van der Waals surface area contributed by atoms with Crippen molar-refractivity contribution in [1.29, 1.82) is 0 Å². The van der Waals surface area contributed by atoms with Crippen molar-refractivity contribution < 1.29 is 5.11 Å². The molecule has 1 saturated heterocycles. The minimum Gasteiger partial charge on any atom is -0.387 e. The van der Waals surface area contributed by atoms with Gasteiger partial charge in [0.05, 0.1) is 5.60 Å². The Morgan fingerprint density at radius 1 is 1.21 bits per heavy atom. The normalized spacial score (nSPS) is 21.2. The number of rotatable bonds is 6. The van der Waals surface area contributed by atoms with Gasteiger partial charge in [0.2, 0.25) is 0 Å². The van der Waals surface area contributed by atoms with Gasteiger partial charge in [-0.1, -0.05) is 40.0 Å². The second kappa shape index (κ2) is 5.13. The molecular weight excluding hydrogens is 174 g/mol. The molecule has 1 fully saturated rings. The summed E-state index contributed by atoms with van der Waals surface area (Å²) in [6.45, 7) is 9.63. The smallest absolute Gasteiger partial charge is 0.0900 e. The van der Waals surface area contributed by atoms with Crippen LogP contribution in [0.3, 0.4) is 0 Å². The highest BCUT2D eigenvalue weighted by atomic mass is 16.3. The van der Waals surface area contributed by atoms with Gasteiger partial charge in [0.15, 0.2) is 0 Å². The molecule has 1 aliphatic rings. The number of hydrogen-bond acceptors (Lipinski definition) is 2. The lowest BCUT2D eigenvalue weighted by molar-refractivity contribution is -0.107. The molecule has 0 aromatic carbocycles. The van der Waals surface area contributed by atoms with Crippen molar-refractivity contribution in [3.63, 3.8) is 0 Å². The molecule has 0 bridgehead atoms. The zero-order chi connectivity index (χ0) is 10.6. The first-order valence-electron chi connectivity index (χ1n) is 6.08. The molecule has 14 heavy (non-hydrogen) atoms. The monoisotopic (exact) mass is 199 g/mol. The highest BCUT2D eigenvalue weighted by molar-refractivity contribution is 4.95. The van der Waals surface area contributed by atoms with Gasteiger partial charge in [0.1, 0.15) is 0 Å². The maximum Gasteiger partial charge on any atom is 0.0900 e. The SMILES string of the molecule is CCCC1(O)CN(CC(CC)CC)C1. The van der Waals surface area contributed by atoms with Gasteiger partial charge < -0.3 is 5.11 Å². The van der Waals surface area contributed by atoms with Gasteiger partial charge in [-0.05, 0) is 12.3 Å². The Morgan fingerprint density at radius 3 is 2.21 bits per heavy atom. The molecule has 1 N–H and O–H groups in total. The lowest BCUT2D eigenvalue weighted by atomic mass is 9.88. The molecule has 0 spiro atoms. The van der Waals surface area contributed by atoms with E-state index in [1.54, 1.807) is 0 Å². The lowest BCUT2D eigenvalue weighted by Crippen LogP contribution is -2.62. The van der Waals surface area contributed by atoms with E-state index in [9.17, 15) is 5.11 Å². The van der Waals surface area contributed by atoms with E-state index in [1.165, 1.54) is 19.4 Å². The predicted molar refractivity (Wildman–Crippen MR) is 60.4 cm³/mol. The summed E-state index contributed by atoms with van der Waals surface area (Å²) in [4.78, 5) is 2.40. The van der Waals surface area contributed by atoms with Gasteiger partial charge in [0.25, 0.3) is 0 Å². The molecule has 1 aliphatic heterocycles. The number of hydrogen-bond donors (Lipinski definition) is 1. The number of aliphatic hydroxyl groups is 1. The molecule has 2 nitrogen and oxygen atoms in total. The van der Waals surface area contributed by atoms with Crippen LogP contribution >= 0.6 is 0 Å². The summed E-state index contributed by atoms with van der Waals surface area (Å²) in [6, 6.07) is 0. The van der Waals surface area contributed by atoms with Gasteiger partial charge >= 0.3 is 0 Å². The van der Waals surface area contributed by atoms with Crippen LogP contribution in [-0.2, 0) is 0 Å². The van der Waals surface area contributed by atoms with E-state index in [0.29, 0.717) is 0 Å². The van der Waals surface area contributed by atoms with Crippen molar-refractivity contribution in [1.82, 2.24) is 4.90 Å². The fraction of sp³-hybridized carbons (Fsp3) is 1.00. The fourth-order valence-electron chi connectivity index (χ4n) is 2.45. The summed E-state index contributed by atoms with van der Waals surface area (Å²) >= 11 is 0. The molecule has 0 atom stereocenters. The van der Waals surface area contributed by atoms with Gasteiger partial charge in [-0.15, -0.1) is 0 Å². The maximum absolute atomic E-state index is 10.00. The molecule has 1 heterocycles. The number of nitrogens with zero attached hydrogens (tertiary/aromatic N) is 1. The highest BCUT2D eigenvalue weighted by Gasteiger charge is 2.40. The van der Waals surface area contributed by atoms with Gasteiger partial charge in [-0.2, -0.15) is 0 Å². The van der Waals surface area contributed by atoms with Crippen LogP contribution < -0.4 is 0 Å². The zero-order valence-electron chi connectivity index (χ0n) is 9.92. The molecule has 0 unspecified atom stereocenters. The molecule has 0 amide bonds. The maximum atomic E-state index is 10.00. The van der Waals surface area contributed by atoms with Gasteiger partial charge in [-0.25, -0.2) is 0 Å². The van der Waals surface area contributed by atoms with Crippen molar-refractivity contribution in [3.05, 3.63) is 0 Å². The minimum absolute atomic E-state index is 0.346. The summed E-state index contributed by atoms with van der Waals surface area (Å²) in [7, 11) is 0. The summed E-state index contributed by atoms with van der Waals surface area (Å²) in [5, 5.41) is 10.00. The average Bonchev–Trinajstić information content (AvgIpc) is 2.11. The Balaban J connectivity index is 2.20. The van der Waals surface area contributed by atoms with Crippen LogP contribution in [0.15, 0.2) is 0 Å². The minimum atomic E-state index is -0.346. The van der Waals surface area contributed by atoms with Crippen LogP contribution in [-0.4, -0.2) is 35.2 Å². The molecule has 0 aliphatic carbocycles. The van der Waals surface area contributed by atoms with Gasteiger partial charge in [0, 0.05) is 19.6 Å². The Kier molecular flexibility index (Phi) is 4.39. The van der Waals surface area contributed by atoms with Crippen molar-refractivity contribution in [3.8, 4) is 0 Å². The molecule has 84 valence electrons. The highest BCUT2D eigenvalue weighted by Crippen LogP contribution is 2.27. The van der Waals surface area contributed by atoms with Crippen molar-refractivity contribution in [2.75, 3.05) is 19.6 Å².